The van der Waals surface area contributed by atoms with Gasteiger partial charge in [0.1, 0.15) is 24.5 Å². The number of quaternary nitrogens is 2. The molecular weight excluding hydrogens is 316 g/mol. The van der Waals surface area contributed by atoms with E-state index in [-0.39, 0.29) is 18.7 Å². The van der Waals surface area contributed by atoms with E-state index in [1.54, 1.807) is 0 Å². The van der Waals surface area contributed by atoms with Crippen molar-refractivity contribution >= 4 is 11.4 Å². The molecule has 140 valence electrons. The Morgan fingerprint density at radius 3 is 1.12 bits per heavy atom. The highest BCUT2D eigenvalue weighted by Crippen LogP contribution is 2.17. The van der Waals surface area contributed by atoms with E-state index in [0.717, 1.165) is 22.1 Å². The van der Waals surface area contributed by atoms with Gasteiger partial charge >= 0.3 is 0 Å². The zero-order valence-corrected chi connectivity index (χ0v) is 15.8. The molecule has 0 aromatic heterocycles. The maximum atomic E-state index is 8.85. The molecule has 2 N–H and O–H groups in total. The van der Waals surface area contributed by atoms with Crippen LogP contribution in [0.2, 0.25) is 0 Å². The fraction of sp³-hybridized carbons (Fsp3) is 0.400. The largest absolute Gasteiger partial charge is 2.00 e. The first-order valence-corrected chi connectivity index (χ1v) is 8.32. The Kier molecular flexibility index (Phi) is 10.2. The molecule has 0 saturated heterocycles. The Balaban J connectivity index is 0.000000443. The molecule has 0 heterocycles. The van der Waals surface area contributed by atoms with Crippen LogP contribution in [0.4, 0.5) is 11.4 Å². The summed E-state index contributed by atoms with van der Waals surface area (Å²) in [6, 6.07) is 20.4. The fourth-order valence-corrected chi connectivity index (χ4v) is 2.42. The van der Waals surface area contributed by atoms with E-state index in [2.05, 4.69) is 52.5 Å². The van der Waals surface area contributed by atoms with Crippen LogP contribution in [-0.2, 0) is 5.48 Å². The second kappa shape index (κ2) is 11.0. The summed E-state index contributed by atoms with van der Waals surface area (Å²) in [5.41, 5.74) is 2.46. The summed E-state index contributed by atoms with van der Waals surface area (Å²) in [5, 5.41) is 17.7. The number of likely N-dealkylation sites (N-methyl/N-ethyl adjacent to an activating group) is 2. The predicted octanol–water partition coefficient (Wildman–Crippen LogP) is 2.37. The molecule has 2 rings (SSSR count). The molecule has 0 unspecified atom stereocenters. The first-order valence-electron chi connectivity index (χ1n) is 8.32. The van der Waals surface area contributed by atoms with Crippen LogP contribution in [0.15, 0.2) is 60.7 Å². The smallest absolute Gasteiger partial charge is 0.132 e. The van der Waals surface area contributed by atoms with Crippen molar-refractivity contribution in [2.24, 2.45) is 0 Å². The van der Waals surface area contributed by atoms with Gasteiger partial charge in [-0.1, -0.05) is 36.4 Å². The number of nitrogens with zero attached hydrogens (tertiary/aromatic N) is 2. The molecule has 0 radical (unpaired) electrons. The van der Waals surface area contributed by atoms with E-state index >= 15 is 0 Å². The van der Waals surface area contributed by atoms with Crippen molar-refractivity contribution < 1.29 is 15.7 Å². The third-order valence-electron chi connectivity index (χ3n) is 4.23. The topological polar surface area (TPSA) is 69.0 Å². The normalized spacial score (nSPS) is 11.1. The summed E-state index contributed by atoms with van der Waals surface area (Å²) < 4.78 is 1.47. The van der Waals surface area contributed by atoms with Gasteiger partial charge < -0.3 is 15.7 Å². The number of rotatable bonds is 6. The highest BCUT2D eigenvalue weighted by molar-refractivity contribution is 5.41. The third-order valence-corrected chi connectivity index (χ3v) is 4.23. The lowest BCUT2D eigenvalue weighted by molar-refractivity contribution is 0.242. The van der Waals surface area contributed by atoms with Crippen LogP contribution in [0.5, 0.6) is 0 Å². The molecule has 0 bridgehead atoms. The minimum Gasteiger partial charge on any atom is -2.00 e. The molecule has 0 saturated carbocycles. The van der Waals surface area contributed by atoms with Crippen LogP contribution in [0.1, 0.15) is 0 Å². The summed E-state index contributed by atoms with van der Waals surface area (Å²) in [6.07, 6.45) is 0. The second-order valence-electron chi connectivity index (χ2n) is 6.94. The minimum absolute atomic E-state index is 0. The predicted molar refractivity (Wildman–Crippen MR) is 105 cm³/mol. The van der Waals surface area contributed by atoms with E-state index in [0.29, 0.717) is 0 Å². The Bertz CT molecular complexity index is 519. The van der Waals surface area contributed by atoms with Gasteiger partial charge in [0.05, 0.1) is 41.4 Å². The Morgan fingerprint density at radius 2 is 0.880 bits per heavy atom. The van der Waals surface area contributed by atoms with Gasteiger partial charge in [-0.05, 0) is 24.3 Å². The highest BCUT2D eigenvalue weighted by atomic mass is 16.3. The lowest BCUT2D eigenvalue weighted by Crippen LogP contribution is -2.42. The van der Waals surface area contributed by atoms with Gasteiger partial charge in [-0.2, -0.15) is 0 Å². The number of hydrogen-bond acceptors (Lipinski definition) is 2. The van der Waals surface area contributed by atoms with Gasteiger partial charge in [0.15, 0.2) is 0 Å². The van der Waals surface area contributed by atoms with E-state index < -0.39 is 0 Å². The standard InChI is InChI=1S/2C10H16NO.O/c2*1-11(2,8-9-12)10-6-4-3-5-7-10;/h2*3-7,12H,8-9H2,1-2H3;/q2*+1;-2. The van der Waals surface area contributed by atoms with Gasteiger partial charge in [-0.3, -0.25) is 8.97 Å². The summed E-state index contributed by atoms with van der Waals surface area (Å²) in [5.74, 6) is 0. The maximum Gasteiger partial charge on any atom is 0.132 e. The lowest BCUT2D eigenvalue weighted by atomic mass is 10.2. The summed E-state index contributed by atoms with van der Waals surface area (Å²) in [4.78, 5) is 0. The first kappa shape index (κ1) is 23.2. The van der Waals surface area contributed by atoms with E-state index in [1.807, 2.05) is 36.4 Å². The summed E-state index contributed by atoms with van der Waals surface area (Å²) in [7, 11) is 8.36. The monoisotopic (exact) mass is 348 g/mol. The van der Waals surface area contributed by atoms with Crippen molar-refractivity contribution in [3.05, 3.63) is 60.7 Å². The lowest BCUT2D eigenvalue weighted by Gasteiger charge is -2.28. The molecule has 25 heavy (non-hydrogen) atoms. The molecule has 0 atom stereocenters. The van der Waals surface area contributed by atoms with Gasteiger partial charge in [0.25, 0.3) is 0 Å². The zero-order chi connectivity index (χ0) is 18.1. The molecule has 0 aliphatic heterocycles. The van der Waals surface area contributed by atoms with Crippen molar-refractivity contribution in [3.8, 4) is 0 Å². The number of hydrogen-bond donors (Lipinski definition) is 2. The van der Waals surface area contributed by atoms with Gasteiger partial charge in [0.2, 0.25) is 0 Å². The third kappa shape index (κ3) is 7.77. The molecule has 0 amide bonds. The number of para-hydroxylation sites is 2. The Labute approximate surface area is 151 Å². The van der Waals surface area contributed by atoms with E-state index in [1.165, 1.54) is 11.4 Å². The molecule has 2 aromatic rings. The molecule has 0 aliphatic rings. The van der Waals surface area contributed by atoms with Crippen molar-refractivity contribution in [1.82, 2.24) is 8.97 Å². The van der Waals surface area contributed by atoms with Crippen LogP contribution in [0.3, 0.4) is 0 Å². The van der Waals surface area contributed by atoms with Crippen LogP contribution >= 0.6 is 0 Å². The minimum atomic E-state index is 0. The average molecular weight is 348 g/mol. The maximum absolute atomic E-state index is 8.85. The SMILES string of the molecule is C[N+](C)(CCO)c1ccccc1.C[N+](C)(CCO)c1ccccc1.[O-2]. The first-order chi connectivity index (χ1) is 11.3. The van der Waals surface area contributed by atoms with Gasteiger partial charge in [-0.25, -0.2) is 0 Å². The fourth-order valence-electron chi connectivity index (χ4n) is 2.42. The van der Waals surface area contributed by atoms with Crippen LogP contribution in [0, 0.1) is 0 Å². The molecule has 2 aromatic carbocycles. The van der Waals surface area contributed by atoms with E-state index in [4.69, 9.17) is 10.2 Å². The highest BCUT2D eigenvalue weighted by Gasteiger charge is 2.17. The molecule has 5 heteroatoms. The molecule has 0 aliphatic carbocycles. The molecule has 0 fully saturated rings. The second-order valence-corrected chi connectivity index (χ2v) is 6.94. The van der Waals surface area contributed by atoms with Crippen molar-refractivity contribution in [1.29, 1.82) is 0 Å². The molecule has 0 spiro atoms. The molecular formula is C20H32N2O3. The quantitative estimate of drug-likeness (QED) is 0.787. The number of aliphatic hydroxyl groups excluding tert-OH is 2. The van der Waals surface area contributed by atoms with Gasteiger partial charge in [-0.15, -0.1) is 0 Å². The van der Waals surface area contributed by atoms with Crippen LogP contribution < -0.4 is 8.97 Å². The van der Waals surface area contributed by atoms with Crippen LogP contribution in [0.25, 0.3) is 0 Å². The van der Waals surface area contributed by atoms with Crippen LogP contribution in [-0.4, -0.2) is 64.7 Å². The summed E-state index contributed by atoms with van der Waals surface area (Å²) >= 11 is 0. The number of benzene rings is 2. The number of aliphatic hydroxyl groups is 2. The van der Waals surface area contributed by atoms with Crippen molar-refractivity contribution in [3.63, 3.8) is 0 Å². The average Bonchev–Trinajstić information content (AvgIpc) is 2.57. The van der Waals surface area contributed by atoms with E-state index in [9.17, 15) is 0 Å². The van der Waals surface area contributed by atoms with Gasteiger partial charge in [0, 0.05) is 0 Å². The summed E-state index contributed by atoms with van der Waals surface area (Å²) in [6.45, 7) is 1.96. The Hall–Kier alpha value is -1.76. The van der Waals surface area contributed by atoms with Crippen molar-refractivity contribution in [2.75, 3.05) is 54.5 Å². The van der Waals surface area contributed by atoms with Crippen molar-refractivity contribution in [2.45, 2.75) is 0 Å². The molecule has 5 nitrogen and oxygen atoms in total. The zero-order valence-electron chi connectivity index (χ0n) is 15.8. The Morgan fingerprint density at radius 1 is 0.600 bits per heavy atom.